The van der Waals surface area contributed by atoms with Crippen molar-refractivity contribution in [2.75, 3.05) is 0 Å². The maximum absolute atomic E-state index is 11.5. The van der Waals surface area contributed by atoms with E-state index in [1.54, 1.807) is 11.5 Å². The Labute approximate surface area is 130 Å². The monoisotopic (exact) mass is 296 g/mol. The third-order valence-corrected chi connectivity index (χ3v) is 4.49. The lowest BCUT2D eigenvalue weighted by molar-refractivity contribution is 0.0706. The van der Waals surface area contributed by atoms with Crippen LogP contribution in [0.3, 0.4) is 0 Å². The summed E-state index contributed by atoms with van der Waals surface area (Å²) in [6, 6.07) is 9.85. The van der Waals surface area contributed by atoms with Gasteiger partial charge in [0.25, 0.3) is 5.91 Å². The van der Waals surface area contributed by atoms with Gasteiger partial charge < -0.3 is 0 Å². The van der Waals surface area contributed by atoms with E-state index < -0.39 is 5.91 Å². The van der Waals surface area contributed by atoms with Crippen molar-refractivity contribution in [3.63, 3.8) is 0 Å². The number of benzene rings is 1. The minimum absolute atomic E-state index is 0.443. The Morgan fingerprint density at radius 2 is 2.05 bits per heavy atom. The fourth-order valence-corrected chi connectivity index (χ4v) is 3.20. The van der Waals surface area contributed by atoms with Crippen LogP contribution in [0.15, 0.2) is 42.7 Å². The summed E-state index contributed by atoms with van der Waals surface area (Å²) in [5.74, 6) is 0.204. The van der Waals surface area contributed by atoms with Gasteiger partial charge >= 0.3 is 0 Å². The van der Waals surface area contributed by atoms with E-state index >= 15 is 0 Å². The van der Waals surface area contributed by atoms with Crippen molar-refractivity contribution in [3.8, 4) is 0 Å². The standard InChI is InChI=1S/C18H20N2O2/c21-18(20-22)16-6-5-15-4-3-14(11-17(15)12-16)2-1-13-7-9-19-10-8-13/h5-10,12,14,22H,1-4,11H2,(H,20,21). The van der Waals surface area contributed by atoms with Gasteiger partial charge in [0.1, 0.15) is 0 Å². The van der Waals surface area contributed by atoms with Crippen LogP contribution in [0.2, 0.25) is 0 Å². The van der Waals surface area contributed by atoms with E-state index in [9.17, 15) is 4.79 Å². The zero-order valence-electron chi connectivity index (χ0n) is 12.5. The van der Waals surface area contributed by atoms with Crippen molar-refractivity contribution >= 4 is 5.91 Å². The highest BCUT2D eigenvalue weighted by atomic mass is 16.5. The molecule has 0 fully saturated rings. The van der Waals surface area contributed by atoms with Crippen LogP contribution in [-0.2, 0) is 19.3 Å². The van der Waals surface area contributed by atoms with Crippen molar-refractivity contribution in [3.05, 3.63) is 65.0 Å². The lowest BCUT2D eigenvalue weighted by Crippen LogP contribution is -2.20. The highest BCUT2D eigenvalue weighted by Gasteiger charge is 2.19. The van der Waals surface area contributed by atoms with Gasteiger partial charge in [0.15, 0.2) is 0 Å². The van der Waals surface area contributed by atoms with Crippen molar-refractivity contribution < 1.29 is 10.0 Å². The predicted molar refractivity (Wildman–Crippen MR) is 83.8 cm³/mol. The summed E-state index contributed by atoms with van der Waals surface area (Å²) >= 11 is 0. The molecule has 0 spiro atoms. The number of carbonyl (C=O) groups is 1. The molecule has 1 unspecified atom stereocenters. The number of nitrogens with zero attached hydrogens (tertiary/aromatic N) is 1. The summed E-state index contributed by atoms with van der Waals surface area (Å²) in [5, 5.41) is 8.75. The van der Waals surface area contributed by atoms with E-state index in [1.165, 1.54) is 23.1 Å². The second-order valence-corrected chi connectivity index (χ2v) is 5.93. The van der Waals surface area contributed by atoms with Crippen LogP contribution in [0.4, 0.5) is 0 Å². The number of hydroxylamine groups is 1. The first-order valence-corrected chi connectivity index (χ1v) is 7.71. The molecule has 1 aliphatic rings. The van der Waals surface area contributed by atoms with Crippen molar-refractivity contribution in [2.45, 2.75) is 32.1 Å². The lowest BCUT2D eigenvalue weighted by atomic mass is 9.80. The van der Waals surface area contributed by atoms with E-state index in [0.717, 1.165) is 25.7 Å². The Balaban J connectivity index is 1.66. The highest BCUT2D eigenvalue weighted by molar-refractivity contribution is 5.93. The van der Waals surface area contributed by atoms with Gasteiger partial charge in [-0.1, -0.05) is 6.07 Å². The molecule has 0 saturated heterocycles. The molecule has 1 aliphatic carbocycles. The van der Waals surface area contributed by atoms with Gasteiger partial charge in [-0.25, -0.2) is 5.48 Å². The van der Waals surface area contributed by atoms with E-state index in [0.29, 0.717) is 11.5 Å². The Bertz CT molecular complexity index is 655. The minimum atomic E-state index is -0.443. The number of fused-ring (bicyclic) bond motifs is 1. The summed E-state index contributed by atoms with van der Waals surface area (Å²) in [7, 11) is 0. The Morgan fingerprint density at radius 3 is 2.82 bits per heavy atom. The quantitative estimate of drug-likeness (QED) is 0.673. The van der Waals surface area contributed by atoms with Crippen LogP contribution in [0.5, 0.6) is 0 Å². The second-order valence-electron chi connectivity index (χ2n) is 5.93. The van der Waals surface area contributed by atoms with E-state index in [-0.39, 0.29) is 0 Å². The van der Waals surface area contributed by atoms with Crippen molar-refractivity contribution in [1.29, 1.82) is 0 Å². The number of carbonyl (C=O) groups excluding carboxylic acids is 1. The molecule has 2 aromatic rings. The molecule has 0 bridgehead atoms. The lowest BCUT2D eigenvalue weighted by Gasteiger charge is -2.25. The zero-order valence-corrected chi connectivity index (χ0v) is 12.5. The third kappa shape index (κ3) is 3.34. The number of rotatable bonds is 4. The van der Waals surface area contributed by atoms with Gasteiger partial charge in [-0.2, -0.15) is 0 Å². The summed E-state index contributed by atoms with van der Waals surface area (Å²) < 4.78 is 0. The van der Waals surface area contributed by atoms with Gasteiger partial charge in [0, 0.05) is 18.0 Å². The van der Waals surface area contributed by atoms with Gasteiger partial charge in [-0.15, -0.1) is 0 Å². The van der Waals surface area contributed by atoms with Gasteiger partial charge in [-0.05, 0) is 79.0 Å². The molecule has 2 N–H and O–H groups in total. The molecule has 1 aromatic heterocycles. The van der Waals surface area contributed by atoms with Crippen LogP contribution < -0.4 is 5.48 Å². The molecule has 1 aromatic carbocycles. The van der Waals surface area contributed by atoms with E-state index in [4.69, 9.17) is 5.21 Å². The van der Waals surface area contributed by atoms with Crippen LogP contribution in [-0.4, -0.2) is 16.1 Å². The Kier molecular flexibility index (Phi) is 4.49. The molecule has 0 aliphatic heterocycles. The van der Waals surface area contributed by atoms with E-state index in [2.05, 4.69) is 17.1 Å². The molecular formula is C18H20N2O2. The third-order valence-electron chi connectivity index (χ3n) is 4.49. The molecule has 4 heteroatoms. The SMILES string of the molecule is O=C(NO)c1ccc2c(c1)CC(CCc1ccncc1)CC2. The first kappa shape index (κ1) is 14.7. The smallest absolute Gasteiger partial charge is 0.274 e. The molecule has 4 nitrogen and oxygen atoms in total. The normalized spacial score (nSPS) is 16.9. The summed E-state index contributed by atoms with van der Waals surface area (Å²) in [6.07, 6.45) is 9.17. The van der Waals surface area contributed by atoms with Crippen LogP contribution in [0.25, 0.3) is 0 Å². The number of aryl methyl sites for hydroxylation is 2. The zero-order chi connectivity index (χ0) is 15.4. The highest BCUT2D eigenvalue weighted by Crippen LogP contribution is 2.29. The largest absolute Gasteiger partial charge is 0.288 e. The Morgan fingerprint density at radius 1 is 1.23 bits per heavy atom. The maximum Gasteiger partial charge on any atom is 0.274 e. The summed E-state index contributed by atoms with van der Waals surface area (Å²) in [6.45, 7) is 0. The van der Waals surface area contributed by atoms with Crippen LogP contribution in [0.1, 0.15) is 39.9 Å². The average molecular weight is 296 g/mol. The Hall–Kier alpha value is -2.20. The van der Waals surface area contributed by atoms with E-state index in [1.807, 2.05) is 24.5 Å². The van der Waals surface area contributed by atoms with Crippen molar-refractivity contribution in [2.24, 2.45) is 5.92 Å². The topological polar surface area (TPSA) is 62.2 Å². The van der Waals surface area contributed by atoms with Gasteiger partial charge in [0.2, 0.25) is 0 Å². The molecule has 1 amide bonds. The number of nitrogens with one attached hydrogen (secondary N) is 1. The number of aromatic nitrogens is 1. The first-order valence-electron chi connectivity index (χ1n) is 7.71. The molecule has 22 heavy (non-hydrogen) atoms. The fourth-order valence-electron chi connectivity index (χ4n) is 3.20. The fraction of sp³-hybridized carbons (Fsp3) is 0.333. The predicted octanol–water partition coefficient (Wildman–Crippen LogP) is 2.94. The van der Waals surface area contributed by atoms with Gasteiger partial charge in [-0.3, -0.25) is 15.0 Å². The first-order chi connectivity index (χ1) is 10.8. The molecule has 1 heterocycles. The number of amides is 1. The molecule has 114 valence electrons. The van der Waals surface area contributed by atoms with Gasteiger partial charge in [0.05, 0.1) is 0 Å². The minimum Gasteiger partial charge on any atom is -0.288 e. The molecule has 0 saturated carbocycles. The maximum atomic E-state index is 11.5. The molecule has 3 rings (SSSR count). The summed E-state index contributed by atoms with van der Waals surface area (Å²) in [5.41, 5.74) is 6.12. The second kappa shape index (κ2) is 6.71. The number of hydrogen-bond donors (Lipinski definition) is 2. The molecular weight excluding hydrogens is 276 g/mol. The molecule has 1 atom stereocenters. The average Bonchev–Trinajstić information content (AvgIpc) is 2.59. The number of pyridine rings is 1. The number of hydrogen-bond acceptors (Lipinski definition) is 3. The van der Waals surface area contributed by atoms with Crippen LogP contribution >= 0.6 is 0 Å². The summed E-state index contributed by atoms with van der Waals surface area (Å²) in [4.78, 5) is 15.6. The van der Waals surface area contributed by atoms with Crippen molar-refractivity contribution in [1.82, 2.24) is 10.5 Å². The van der Waals surface area contributed by atoms with Crippen LogP contribution in [0, 0.1) is 5.92 Å². The molecule has 0 radical (unpaired) electrons.